The highest BCUT2D eigenvalue weighted by atomic mass is 32.2. The zero-order chi connectivity index (χ0) is 13.2. The summed E-state index contributed by atoms with van der Waals surface area (Å²) >= 11 is 1.57. The maximum absolute atomic E-state index is 11.1. The number of hydrogen-bond donors (Lipinski definition) is 2. The smallest absolute Gasteiger partial charge is 0.238 e. The van der Waals surface area contributed by atoms with E-state index in [1.54, 1.807) is 35.2 Å². The van der Waals surface area contributed by atoms with Gasteiger partial charge in [0.2, 0.25) is 10.0 Å². The molecule has 0 saturated carbocycles. The molecular formula is C11H13N3O2S2. The van der Waals surface area contributed by atoms with Crippen molar-refractivity contribution in [1.29, 1.82) is 0 Å². The molecule has 1 aromatic heterocycles. The van der Waals surface area contributed by atoms with E-state index in [1.165, 1.54) is 12.1 Å². The Hall–Kier alpha value is -1.44. The van der Waals surface area contributed by atoms with Gasteiger partial charge in [0.05, 0.1) is 16.4 Å². The topological polar surface area (TPSA) is 85.1 Å². The number of benzene rings is 1. The molecular weight excluding hydrogens is 270 g/mol. The van der Waals surface area contributed by atoms with E-state index in [0.29, 0.717) is 0 Å². The molecule has 0 fully saturated rings. The second kappa shape index (κ2) is 5.05. The predicted octanol–water partition coefficient (Wildman–Crippen LogP) is 1.96. The summed E-state index contributed by atoms with van der Waals surface area (Å²) in [4.78, 5) is 5.24. The standard InChI is InChI=1S/C11H13N3O2S2/c1-8(11-6-13-7-17-11)14-9-2-4-10(5-3-9)18(12,15)16/h2-8,14H,1H3,(H2,12,15,16). The van der Waals surface area contributed by atoms with Crippen LogP contribution in [0.5, 0.6) is 0 Å². The number of aromatic nitrogens is 1. The monoisotopic (exact) mass is 283 g/mol. The second-order valence-electron chi connectivity index (χ2n) is 3.84. The molecule has 0 spiro atoms. The normalized spacial score (nSPS) is 13.2. The van der Waals surface area contributed by atoms with E-state index in [-0.39, 0.29) is 10.9 Å². The fourth-order valence-electron chi connectivity index (χ4n) is 1.50. The summed E-state index contributed by atoms with van der Waals surface area (Å²) in [7, 11) is -3.63. The Balaban J connectivity index is 2.12. The summed E-state index contributed by atoms with van der Waals surface area (Å²) in [6, 6.07) is 6.47. The van der Waals surface area contributed by atoms with Gasteiger partial charge in [-0.25, -0.2) is 13.6 Å². The third-order valence-corrected chi connectivity index (χ3v) is 4.33. The first-order valence-electron chi connectivity index (χ1n) is 5.24. The largest absolute Gasteiger partial charge is 0.378 e. The molecule has 1 unspecified atom stereocenters. The summed E-state index contributed by atoms with van der Waals surface area (Å²) in [5, 5.41) is 8.29. The molecule has 3 N–H and O–H groups in total. The van der Waals surface area contributed by atoms with Gasteiger partial charge in [-0.15, -0.1) is 11.3 Å². The summed E-state index contributed by atoms with van der Waals surface area (Å²) < 4.78 is 22.2. The van der Waals surface area contributed by atoms with E-state index >= 15 is 0 Å². The fraction of sp³-hybridized carbons (Fsp3) is 0.182. The van der Waals surface area contributed by atoms with Crippen molar-refractivity contribution in [2.45, 2.75) is 17.9 Å². The van der Waals surface area contributed by atoms with Crippen LogP contribution in [0.15, 0.2) is 40.9 Å². The minimum absolute atomic E-state index is 0.110. The Kier molecular flexibility index (Phi) is 3.65. The van der Waals surface area contributed by atoms with Gasteiger partial charge in [-0.1, -0.05) is 0 Å². The Morgan fingerprint density at radius 3 is 2.50 bits per heavy atom. The summed E-state index contributed by atoms with van der Waals surface area (Å²) in [6.45, 7) is 2.01. The van der Waals surface area contributed by atoms with E-state index < -0.39 is 10.0 Å². The van der Waals surface area contributed by atoms with E-state index in [0.717, 1.165) is 10.6 Å². The minimum atomic E-state index is -3.63. The van der Waals surface area contributed by atoms with Crippen LogP contribution < -0.4 is 10.5 Å². The van der Waals surface area contributed by atoms with E-state index in [9.17, 15) is 8.42 Å². The first-order chi connectivity index (χ1) is 8.47. The quantitative estimate of drug-likeness (QED) is 0.898. The van der Waals surface area contributed by atoms with Crippen molar-refractivity contribution in [2.75, 3.05) is 5.32 Å². The van der Waals surface area contributed by atoms with Crippen LogP contribution in [0.25, 0.3) is 0 Å². The van der Waals surface area contributed by atoms with Crippen LogP contribution in [-0.4, -0.2) is 13.4 Å². The minimum Gasteiger partial charge on any atom is -0.378 e. The Labute approximate surface area is 110 Å². The molecule has 0 aliphatic carbocycles. The molecule has 0 amide bonds. The van der Waals surface area contributed by atoms with Gasteiger partial charge in [-0.05, 0) is 31.2 Å². The van der Waals surface area contributed by atoms with Crippen LogP contribution in [0.4, 0.5) is 5.69 Å². The third-order valence-electron chi connectivity index (χ3n) is 2.44. The molecule has 1 heterocycles. The van der Waals surface area contributed by atoms with Gasteiger partial charge >= 0.3 is 0 Å². The van der Waals surface area contributed by atoms with Gasteiger partial charge in [-0.2, -0.15) is 0 Å². The second-order valence-corrected chi connectivity index (χ2v) is 6.32. The molecule has 96 valence electrons. The predicted molar refractivity (Wildman–Crippen MR) is 72.0 cm³/mol. The number of primary sulfonamides is 1. The number of thiazole rings is 1. The molecule has 1 aromatic carbocycles. The van der Waals surface area contributed by atoms with Crippen molar-refractivity contribution >= 4 is 27.0 Å². The molecule has 0 aliphatic heterocycles. The highest BCUT2D eigenvalue weighted by molar-refractivity contribution is 7.89. The van der Waals surface area contributed by atoms with Crippen molar-refractivity contribution < 1.29 is 8.42 Å². The molecule has 18 heavy (non-hydrogen) atoms. The lowest BCUT2D eigenvalue weighted by atomic mass is 10.2. The van der Waals surface area contributed by atoms with Gasteiger partial charge in [0.15, 0.2) is 0 Å². The number of nitrogens with zero attached hydrogens (tertiary/aromatic N) is 1. The van der Waals surface area contributed by atoms with E-state index in [2.05, 4.69) is 10.3 Å². The first kappa shape index (κ1) is 13.0. The molecule has 1 atom stereocenters. The lowest BCUT2D eigenvalue weighted by Crippen LogP contribution is -2.12. The average Bonchev–Trinajstić information content (AvgIpc) is 2.82. The summed E-state index contributed by atoms with van der Waals surface area (Å²) in [5.41, 5.74) is 2.61. The molecule has 0 bridgehead atoms. The van der Waals surface area contributed by atoms with Crippen LogP contribution in [0, 0.1) is 0 Å². The average molecular weight is 283 g/mol. The van der Waals surface area contributed by atoms with Gasteiger partial charge in [0.25, 0.3) is 0 Å². The number of anilines is 1. The SMILES string of the molecule is CC(Nc1ccc(S(N)(=O)=O)cc1)c1cncs1. The van der Waals surface area contributed by atoms with E-state index in [4.69, 9.17) is 5.14 Å². The number of hydrogen-bond acceptors (Lipinski definition) is 5. The maximum atomic E-state index is 11.1. The third kappa shape index (κ3) is 3.06. The number of rotatable bonds is 4. The Morgan fingerprint density at radius 2 is 2.00 bits per heavy atom. The fourth-order valence-corrected chi connectivity index (χ4v) is 2.65. The molecule has 0 radical (unpaired) electrons. The maximum Gasteiger partial charge on any atom is 0.238 e. The number of nitrogens with one attached hydrogen (secondary N) is 1. The lowest BCUT2D eigenvalue weighted by Gasteiger charge is -2.13. The van der Waals surface area contributed by atoms with Crippen LogP contribution in [0.2, 0.25) is 0 Å². The van der Waals surface area contributed by atoms with Crippen molar-refractivity contribution in [2.24, 2.45) is 5.14 Å². The Morgan fingerprint density at radius 1 is 1.33 bits per heavy atom. The van der Waals surface area contributed by atoms with Crippen LogP contribution in [0.1, 0.15) is 17.8 Å². The first-order valence-corrected chi connectivity index (χ1v) is 7.67. The van der Waals surface area contributed by atoms with Gasteiger partial charge in [0.1, 0.15) is 0 Å². The number of nitrogens with two attached hydrogens (primary N) is 1. The van der Waals surface area contributed by atoms with Crippen molar-refractivity contribution in [3.63, 3.8) is 0 Å². The molecule has 7 heteroatoms. The van der Waals surface area contributed by atoms with E-state index in [1.807, 2.05) is 6.92 Å². The number of sulfonamides is 1. The lowest BCUT2D eigenvalue weighted by molar-refractivity contribution is 0.598. The van der Waals surface area contributed by atoms with Crippen molar-refractivity contribution in [3.8, 4) is 0 Å². The molecule has 0 saturated heterocycles. The van der Waals surface area contributed by atoms with Crippen LogP contribution >= 0.6 is 11.3 Å². The highest BCUT2D eigenvalue weighted by Crippen LogP contribution is 2.22. The van der Waals surface area contributed by atoms with Crippen molar-refractivity contribution in [1.82, 2.24) is 4.98 Å². The Bertz CT molecular complexity index is 606. The summed E-state index contributed by atoms with van der Waals surface area (Å²) in [6.07, 6.45) is 1.81. The molecule has 0 aliphatic rings. The molecule has 5 nitrogen and oxygen atoms in total. The van der Waals surface area contributed by atoms with Crippen LogP contribution in [0.3, 0.4) is 0 Å². The molecule has 2 aromatic rings. The summed E-state index contributed by atoms with van der Waals surface area (Å²) in [5.74, 6) is 0. The van der Waals surface area contributed by atoms with Crippen molar-refractivity contribution in [3.05, 3.63) is 40.8 Å². The van der Waals surface area contributed by atoms with Gasteiger partial charge in [0, 0.05) is 16.8 Å². The van der Waals surface area contributed by atoms with Crippen LogP contribution in [-0.2, 0) is 10.0 Å². The van der Waals surface area contributed by atoms with Gasteiger partial charge < -0.3 is 5.32 Å². The zero-order valence-electron chi connectivity index (χ0n) is 9.70. The zero-order valence-corrected chi connectivity index (χ0v) is 11.3. The van der Waals surface area contributed by atoms with Gasteiger partial charge in [-0.3, -0.25) is 4.98 Å². The highest BCUT2D eigenvalue weighted by Gasteiger charge is 2.09. The molecule has 2 rings (SSSR count).